The molecule has 0 bridgehead atoms. The molecule has 0 atom stereocenters. The van der Waals surface area contributed by atoms with E-state index in [0.29, 0.717) is 11.5 Å². The van der Waals surface area contributed by atoms with Gasteiger partial charge in [0, 0.05) is 6.54 Å². The maximum absolute atomic E-state index is 13.0. The number of nitrogens with one attached hydrogen (secondary N) is 1. The van der Waals surface area contributed by atoms with Crippen molar-refractivity contribution in [1.29, 1.82) is 0 Å². The molecule has 6 heteroatoms. The Labute approximate surface area is 193 Å². The summed E-state index contributed by atoms with van der Waals surface area (Å²) in [6, 6.07) is 29.0. The number of ether oxygens (including phenoxy) is 1. The predicted octanol–water partition coefficient (Wildman–Crippen LogP) is 5.78. The van der Waals surface area contributed by atoms with Crippen molar-refractivity contribution in [3.63, 3.8) is 0 Å². The first kappa shape index (κ1) is 22.7. The second-order valence-electron chi connectivity index (χ2n) is 7.59. The molecule has 0 amide bonds. The van der Waals surface area contributed by atoms with Crippen LogP contribution in [0.1, 0.15) is 11.1 Å². The van der Waals surface area contributed by atoms with Gasteiger partial charge in [-0.3, -0.25) is 0 Å². The summed E-state index contributed by atoms with van der Waals surface area (Å²) in [4.78, 5) is 0.432. The standard InChI is InChI=1S/C27H24FNO3S/c28-23-8-10-24(11-9-23)32-25-12-16-27(17-13-25)33(30,31)26-14-6-21(7-15-26)18-19-29-20-22-4-2-1-3-5-22/h1-17,29H,18-20H2. The molecule has 0 heterocycles. The molecule has 0 saturated heterocycles. The zero-order chi connectivity index (χ0) is 23.1. The maximum atomic E-state index is 13.0. The van der Waals surface area contributed by atoms with Gasteiger partial charge in [0.05, 0.1) is 9.79 Å². The Bertz CT molecular complexity index is 1270. The van der Waals surface area contributed by atoms with E-state index < -0.39 is 9.84 Å². The Morgan fingerprint density at radius 2 is 1.21 bits per heavy atom. The van der Waals surface area contributed by atoms with Gasteiger partial charge in [0.15, 0.2) is 0 Å². The first-order valence-corrected chi connectivity index (χ1v) is 12.1. The molecule has 0 radical (unpaired) electrons. The number of sulfone groups is 1. The lowest BCUT2D eigenvalue weighted by atomic mass is 10.1. The van der Waals surface area contributed by atoms with Crippen LogP contribution in [-0.2, 0) is 22.8 Å². The van der Waals surface area contributed by atoms with Crippen molar-refractivity contribution in [2.75, 3.05) is 6.54 Å². The number of benzene rings is 4. The van der Waals surface area contributed by atoms with E-state index in [1.807, 2.05) is 30.3 Å². The average molecular weight is 462 g/mol. The fraction of sp³-hybridized carbons (Fsp3) is 0.111. The van der Waals surface area contributed by atoms with Gasteiger partial charge >= 0.3 is 0 Å². The molecule has 0 aliphatic carbocycles. The van der Waals surface area contributed by atoms with Crippen molar-refractivity contribution < 1.29 is 17.5 Å². The largest absolute Gasteiger partial charge is 0.457 e. The van der Waals surface area contributed by atoms with Crippen LogP contribution in [0.2, 0.25) is 0 Å². The molecule has 0 unspecified atom stereocenters. The third-order valence-electron chi connectivity index (χ3n) is 5.18. The highest BCUT2D eigenvalue weighted by molar-refractivity contribution is 7.91. The number of hydrogen-bond donors (Lipinski definition) is 1. The molecule has 4 rings (SSSR count). The van der Waals surface area contributed by atoms with Crippen molar-refractivity contribution in [1.82, 2.24) is 5.32 Å². The summed E-state index contributed by atoms with van der Waals surface area (Å²) in [5.41, 5.74) is 2.30. The van der Waals surface area contributed by atoms with E-state index in [0.717, 1.165) is 25.1 Å². The van der Waals surface area contributed by atoms with E-state index in [4.69, 9.17) is 4.74 Å². The monoisotopic (exact) mass is 461 g/mol. The molecular formula is C27H24FNO3S. The van der Waals surface area contributed by atoms with Gasteiger partial charge in [-0.1, -0.05) is 42.5 Å². The van der Waals surface area contributed by atoms with Gasteiger partial charge in [-0.05, 0) is 84.8 Å². The van der Waals surface area contributed by atoms with Crippen LogP contribution >= 0.6 is 0 Å². The normalized spacial score (nSPS) is 11.3. The molecule has 0 aliphatic heterocycles. The minimum atomic E-state index is -3.63. The predicted molar refractivity (Wildman–Crippen MR) is 127 cm³/mol. The van der Waals surface area contributed by atoms with Crippen LogP contribution in [0.5, 0.6) is 11.5 Å². The third-order valence-corrected chi connectivity index (χ3v) is 6.96. The van der Waals surface area contributed by atoms with Crippen LogP contribution in [0.25, 0.3) is 0 Å². The van der Waals surface area contributed by atoms with Gasteiger partial charge in [-0.25, -0.2) is 12.8 Å². The minimum Gasteiger partial charge on any atom is -0.457 e. The lowest BCUT2D eigenvalue weighted by molar-refractivity contribution is 0.480. The summed E-state index contributed by atoms with van der Waals surface area (Å²) in [6.45, 7) is 1.60. The molecule has 4 aromatic rings. The molecule has 1 N–H and O–H groups in total. The lowest BCUT2D eigenvalue weighted by Crippen LogP contribution is -2.16. The summed E-state index contributed by atoms with van der Waals surface area (Å²) in [5.74, 6) is 0.595. The molecule has 33 heavy (non-hydrogen) atoms. The van der Waals surface area contributed by atoms with E-state index in [2.05, 4.69) is 17.4 Å². The van der Waals surface area contributed by atoms with Crippen LogP contribution in [-0.4, -0.2) is 15.0 Å². The highest BCUT2D eigenvalue weighted by atomic mass is 32.2. The molecule has 168 valence electrons. The fourth-order valence-electron chi connectivity index (χ4n) is 3.36. The van der Waals surface area contributed by atoms with Crippen LogP contribution in [0.4, 0.5) is 4.39 Å². The minimum absolute atomic E-state index is 0.186. The summed E-state index contributed by atoms with van der Waals surface area (Å²) in [6.07, 6.45) is 0.808. The van der Waals surface area contributed by atoms with Crippen molar-refractivity contribution in [2.24, 2.45) is 0 Å². The van der Waals surface area contributed by atoms with Crippen molar-refractivity contribution >= 4 is 9.84 Å². The zero-order valence-corrected chi connectivity index (χ0v) is 18.8. The number of rotatable bonds is 9. The van der Waals surface area contributed by atoms with E-state index in [9.17, 15) is 12.8 Å². The van der Waals surface area contributed by atoms with E-state index in [1.54, 1.807) is 24.3 Å². The van der Waals surface area contributed by atoms with Gasteiger partial charge in [-0.15, -0.1) is 0 Å². The molecule has 4 nitrogen and oxygen atoms in total. The first-order valence-electron chi connectivity index (χ1n) is 10.6. The summed E-state index contributed by atoms with van der Waals surface area (Å²) < 4.78 is 44.6. The molecule has 0 spiro atoms. The summed E-state index contributed by atoms with van der Waals surface area (Å²) >= 11 is 0. The smallest absolute Gasteiger partial charge is 0.206 e. The molecule has 0 aliphatic rings. The van der Waals surface area contributed by atoms with Gasteiger partial charge in [0.1, 0.15) is 17.3 Å². The summed E-state index contributed by atoms with van der Waals surface area (Å²) in [5, 5.41) is 3.40. The third kappa shape index (κ3) is 6.06. The second-order valence-corrected chi connectivity index (χ2v) is 9.54. The van der Waals surface area contributed by atoms with Crippen molar-refractivity contribution in [2.45, 2.75) is 22.8 Å². The quantitative estimate of drug-likeness (QED) is 0.321. The number of halogens is 1. The van der Waals surface area contributed by atoms with Gasteiger partial charge in [0.2, 0.25) is 9.84 Å². The van der Waals surface area contributed by atoms with Crippen LogP contribution in [0.15, 0.2) is 113 Å². The molecule has 0 aromatic heterocycles. The van der Waals surface area contributed by atoms with Crippen molar-refractivity contribution in [3.8, 4) is 11.5 Å². The highest BCUT2D eigenvalue weighted by Gasteiger charge is 2.17. The zero-order valence-electron chi connectivity index (χ0n) is 17.9. The second kappa shape index (κ2) is 10.4. The first-order chi connectivity index (χ1) is 16.0. The van der Waals surface area contributed by atoms with Gasteiger partial charge < -0.3 is 10.1 Å². The topological polar surface area (TPSA) is 55.4 Å². The Kier molecular flexibility index (Phi) is 7.17. The Morgan fingerprint density at radius 1 is 0.667 bits per heavy atom. The molecule has 0 saturated carbocycles. The molecule has 4 aromatic carbocycles. The van der Waals surface area contributed by atoms with Gasteiger partial charge in [-0.2, -0.15) is 0 Å². The summed E-state index contributed by atoms with van der Waals surface area (Å²) in [7, 11) is -3.63. The van der Waals surface area contributed by atoms with Crippen LogP contribution in [0, 0.1) is 5.82 Å². The Hall–Kier alpha value is -3.48. The Balaban J connectivity index is 1.35. The maximum Gasteiger partial charge on any atom is 0.206 e. The van der Waals surface area contributed by atoms with Gasteiger partial charge in [0.25, 0.3) is 0 Å². The Morgan fingerprint density at radius 3 is 1.82 bits per heavy atom. The van der Waals surface area contributed by atoms with Crippen LogP contribution < -0.4 is 10.1 Å². The highest BCUT2D eigenvalue weighted by Crippen LogP contribution is 2.26. The fourth-order valence-corrected chi connectivity index (χ4v) is 4.62. The van der Waals surface area contributed by atoms with E-state index >= 15 is 0 Å². The number of hydrogen-bond acceptors (Lipinski definition) is 4. The molecule has 0 fully saturated rings. The lowest BCUT2D eigenvalue weighted by Gasteiger charge is -2.09. The van der Waals surface area contributed by atoms with E-state index in [1.165, 1.54) is 42.0 Å². The van der Waals surface area contributed by atoms with Crippen molar-refractivity contribution in [3.05, 3.63) is 120 Å². The van der Waals surface area contributed by atoms with E-state index in [-0.39, 0.29) is 15.6 Å². The van der Waals surface area contributed by atoms with Crippen LogP contribution in [0.3, 0.4) is 0 Å². The average Bonchev–Trinajstić information content (AvgIpc) is 2.85. The SMILES string of the molecule is O=S(=O)(c1ccc(CCNCc2ccccc2)cc1)c1ccc(Oc2ccc(F)cc2)cc1. The molecular weight excluding hydrogens is 437 g/mol.